The second-order valence-corrected chi connectivity index (χ2v) is 6.92. The molecular formula is C17H27N3O2. The number of nitrogens with zero attached hydrogens (tertiary/aromatic N) is 3. The van der Waals surface area contributed by atoms with Crippen LogP contribution in [0.15, 0.2) is 28.4 Å². The highest BCUT2D eigenvalue weighted by molar-refractivity contribution is 5.74. The first-order valence-corrected chi connectivity index (χ1v) is 7.90. The monoisotopic (exact) mass is 305 g/mol. The fourth-order valence-corrected chi connectivity index (χ4v) is 2.74. The highest BCUT2D eigenvalue weighted by Gasteiger charge is 2.30. The van der Waals surface area contributed by atoms with Crippen molar-refractivity contribution in [2.75, 3.05) is 26.2 Å². The normalized spacial score (nSPS) is 22.9. The van der Waals surface area contributed by atoms with E-state index in [-0.39, 0.29) is 12.1 Å². The Labute approximate surface area is 133 Å². The second kappa shape index (κ2) is 6.55. The number of carbonyl (C=O) groups excluding carboxylic acids is 1. The van der Waals surface area contributed by atoms with Crippen LogP contribution in [0.25, 0.3) is 0 Å². The van der Waals surface area contributed by atoms with E-state index in [4.69, 9.17) is 4.74 Å². The van der Waals surface area contributed by atoms with Gasteiger partial charge in [0.25, 0.3) is 0 Å². The molecule has 0 aromatic rings. The average molecular weight is 305 g/mol. The van der Waals surface area contributed by atoms with Gasteiger partial charge in [0.15, 0.2) is 0 Å². The molecule has 0 spiro atoms. The molecule has 0 aromatic heterocycles. The highest BCUT2D eigenvalue weighted by atomic mass is 16.6. The lowest BCUT2D eigenvalue weighted by Gasteiger charge is -2.42. The summed E-state index contributed by atoms with van der Waals surface area (Å²) >= 11 is 0. The Hall–Kier alpha value is -1.78. The van der Waals surface area contributed by atoms with Crippen molar-refractivity contribution in [2.24, 2.45) is 4.99 Å². The molecular weight excluding hydrogens is 278 g/mol. The van der Waals surface area contributed by atoms with Gasteiger partial charge in [0.2, 0.25) is 0 Å². The van der Waals surface area contributed by atoms with Gasteiger partial charge in [0.1, 0.15) is 5.60 Å². The maximum absolute atomic E-state index is 12.2. The van der Waals surface area contributed by atoms with Gasteiger partial charge < -0.3 is 14.5 Å². The molecule has 1 amide bonds. The van der Waals surface area contributed by atoms with E-state index in [9.17, 15) is 4.79 Å². The molecule has 0 saturated carbocycles. The second-order valence-electron chi connectivity index (χ2n) is 6.92. The first kappa shape index (κ1) is 16.6. The molecule has 0 radical (unpaired) electrons. The van der Waals surface area contributed by atoms with Crippen LogP contribution in [-0.4, -0.2) is 59.9 Å². The molecule has 2 aliphatic heterocycles. The number of hydrogen-bond donors (Lipinski definition) is 0. The third-order valence-electron chi connectivity index (χ3n) is 3.83. The fraction of sp³-hybridized carbons (Fsp3) is 0.647. The topological polar surface area (TPSA) is 45.1 Å². The number of carbonyl (C=O) groups is 1. The molecule has 0 aliphatic carbocycles. The zero-order valence-electron chi connectivity index (χ0n) is 14.3. The quantitative estimate of drug-likeness (QED) is 0.748. The minimum absolute atomic E-state index is 0.220. The molecule has 2 heterocycles. The van der Waals surface area contributed by atoms with Crippen molar-refractivity contribution < 1.29 is 9.53 Å². The predicted molar refractivity (Wildman–Crippen MR) is 89.2 cm³/mol. The molecule has 1 fully saturated rings. The van der Waals surface area contributed by atoms with Crippen molar-refractivity contribution in [3.63, 3.8) is 0 Å². The number of piperazine rings is 1. The molecule has 2 rings (SSSR count). The predicted octanol–water partition coefficient (Wildman–Crippen LogP) is 2.84. The van der Waals surface area contributed by atoms with E-state index in [0.717, 1.165) is 13.1 Å². The van der Waals surface area contributed by atoms with Crippen molar-refractivity contribution in [3.05, 3.63) is 23.4 Å². The third-order valence-corrected chi connectivity index (χ3v) is 3.83. The summed E-state index contributed by atoms with van der Waals surface area (Å²) in [5, 5.41) is 0. The van der Waals surface area contributed by atoms with Crippen molar-refractivity contribution in [1.29, 1.82) is 0 Å². The van der Waals surface area contributed by atoms with Crippen LogP contribution >= 0.6 is 0 Å². The van der Waals surface area contributed by atoms with Crippen molar-refractivity contribution in [3.8, 4) is 0 Å². The first-order chi connectivity index (χ1) is 10.3. The Bertz CT molecular complexity index is 514. The summed E-state index contributed by atoms with van der Waals surface area (Å²) in [6, 6.07) is 0.252. The van der Waals surface area contributed by atoms with E-state index in [2.05, 4.69) is 35.9 Å². The zero-order valence-corrected chi connectivity index (χ0v) is 14.3. The molecule has 22 heavy (non-hydrogen) atoms. The summed E-state index contributed by atoms with van der Waals surface area (Å²) in [6.45, 7) is 12.9. The van der Waals surface area contributed by atoms with Crippen LogP contribution in [0.1, 0.15) is 34.6 Å². The van der Waals surface area contributed by atoms with Crippen molar-refractivity contribution >= 4 is 12.3 Å². The number of ether oxygens (including phenoxy) is 1. The first-order valence-electron chi connectivity index (χ1n) is 7.90. The molecule has 1 saturated heterocycles. The van der Waals surface area contributed by atoms with Crippen LogP contribution in [0.3, 0.4) is 0 Å². The van der Waals surface area contributed by atoms with Gasteiger partial charge in [0, 0.05) is 37.6 Å². The lowest BCUT2D eigenvalue weighted by Crippen LogP contribution is -2.54. The largest absolute Gasteiger partial charge is 0.444 e. The van der Waals surface area contributed by atoms with Gasteiger partial charge in [-0.2, -0.15) is 0 Å². The molecule has 5 nitrogen and oxygen atoms in total. The number of rotatable bonds is 1. The zero-order chi connectivity index (χ0) is 16.3. The standard InChI is InChI=1S/C17H27N3O2/c1-13-6-8-18-9-7-15(13)20-11-10-19(12-14(20)2)16(21)22-17(3,4)5/h6-7,9,14H,8,10-12H2,1-5H3/t14-/m0/s1. The average Bonchev–Trinajstić information content (AvgIpc) is 2.61. The van der Waals surface area contributed by atoms with E-state index in [1.54, 1.807) is 4.90 Å². The van der Waals surface area contributed by atoms with Gasteiger partial charge in [0.05, 0.1) is 6.54 Å². The van der Waals surface area contributed by atoms with E-state index in [1.807, 2.05) is 27.0 Å². The number of allylic oxidation sites excluding steroid dienone is 2. The van der Waals surface area contributed by atoms with Crippen molar-refractivity contribution in [2.45, 2.75) is 46.3 Å². The van der Waals surface area contributed by atoms with Crippen LogP contribution in [0.5, 0.6) is 0 Å². The molecule has 0 N–H and O–H groups in total. The maximum Gasteiger partial charge on any atom is 0.410 e. The molecule has 0 unspecified atom stereocenters. The van der Waals surface area contributed by atoms with Crippen LogP contribution in [0, 0.1) is 0 Å². The molecule has 2 aliphatic rings. The van der Waals surface area contributed by atoms with Crippen LogP contribution in [-0.2, 0) is 4.74 Å². The fourth-order valence-electron chi connectivity index (χ4n) is 2.74. The molecule has 0 bridgehead atoms. The maximum atomic E-state index is 12.2. The molecule has 5 heteroatoms. The van der Waals surface area contributed by atoms with Crippen LogP contribution < -0.4 is 0 Å². The summed E-state index contributed by atoms with van der Waals surface area (Å²) in [6.07, 6.45) is 5.86. The van der Waals surface area contributed by atoms with Gasteiger partial charge >= 0.3 is 6.09 Å². The lowest BCUT2D eigenvalue weighted by atomic mass is 10.1. The van der Waals surface area contributed by atoms with Gasteiger partial charge in [-0.25, -0.2) is 4.79 Å². The summed E-state index contributed by atoms with van der Waals surface area (Å²) in [5.74, 6) is 0. The summed E-state index contributed by atoms with van der Waals surface area (Å²) in [4.78, 5) is 20.6. The van der Waals surface area contributed by atoms with E-state index < -0.39 is 5.60 Å². The number of aliphatic imine (C=N–C) groups is 1. The van der Waals surface area contributed by atoms with Gasteiger partial charge in [-0.3, -0.25) is 4.99 Å². The Balaban J connectivity index is 2.03. The van der Waals surface area contributed by atoms with E-state index >= 15 is 0 Å². The highest BCUT2D eigenvalue weighted by Crippen LogP contribution is 2.23. The van der Waals surface area contributed by atoms with Crippen LogP contribution in [0.4, 0.5) is 4.79 Å². The lowest BCUT2D eigenvalue weighted by molar-refractivity contribution is 0.0104. The van der Waals surface area contributed by atoms with Crippen molar-refractivity contribution in [1.82, 2.24) is 9.80 Å². The minimum Gasteiger partial charge on any atom is -0.444 e. The Morgan fingerprint density at radius 1 is 1.36 bits per heavy atom. The summed E-state index contributed by atoms with van der Waals surface area (Å²) in [7, 11) is 0. The molecule has 122 valence electrons. The van der Waals surface area contributed by atoms with E-state index in [1.165, 1.54) is 11.3 Å². The third kappa shape index (κ3) is 4.12. The number of hydrogen-bond acceptors (Lipinski definition) is 4. The van der Waals surface area contributed by atoms with E-state index in [0.29, 0.717) is 13.1 Å². The van der Waals surface area contributed by atoms with Gasteiger partial charge in [-0.05, 0) is 46.3 Å². The van der Waals surface area contributed by atoms with Gasteiger partial charge in [-0.15, -0.1) is 0 Å². The van der Waals surface area contributed by atoms with Crippen LogP contribution in [0.2, 0.25) is 0 Å². The number of amides is 1. The smallest absolute Gasteiger partial charge is 0.410 e. The minimum atomic E-state index is -0.447. The summed E-state index contributed by atoms with van der Waals surface area (Å²) in [5.41, 5.74) is 2.00. The molecule has 1 atom stereocenters. The summed E-state index contributed by atoms with van der Waals surface area (Å²) < 4.78 is 5.47. The van der Waals surface area contributed by atoms with Gasteiger partial charge in [-0.1, -0.05) is 6.08 Å². The molecule has 0 aromatic carbocycles. The Kier molecular flexibility index (Phi) is 4.94. The Morgan fingerprint density at radius 3 is 2.73 bits per heavy atom. The Morgan fingerprint density at radius 2 is 2.09 bits per heavy atom. The SMILES string of the molecule is CC1=CCN=CC=C1N1CCN(C(=O)OC(C)(C)C)C[C@@H]1C.